The zero-order valence-corrected chi connectivity index (χ0v) is 20.1. The van der Waals surface area contributed by atoms with Crippen LogP contribution in [0.15, 0.2) is 54.9 Å². The summed E-state index contributed by atoms with van der Waals surface area (Å²) in [5.41, 5.74) is 1.09. The molecule has 1 aromatic carbocycles. The van der Waals surface area contributed by atoms with Crippen LogP contribution in [0.1, 0.15) is 23.3 Å². The van der Waals surface area contributed by atoms with Crippen molar-refractivity contribution in [2.75, 3.05) is 44.7 Å². The topological polar surface area (TPSA) is 88.6 Å². The minimum absolute atomic E-state index is 0.0752. The molecule has 0 bridgehead atoms. The van der Waals surface area contributed by atoms with Gasteiger partial charge in [0.25, 0.3) is 0 Å². The Hall–Kier alpha value is -3.01. The number of benzene rings is 1. The first-order chi connectivity index (χ1) is 16.8. The summed E-state index contributed by atoms with van der Waals surface area (Å²) < 4.78 is 11.3. The predicted molar refractivity (Wildman–Crippen MR) is 134 cm³/mol. The number of nitrogens with one attached hydrogen (secondary N) is 2. The lowest BCUT2D eigenvalue weighted by molar-refractivity contribution is -0.121. The van der Waals surface area contributed by atoms with Gasteiger partial charge in [0.1, 0.15) is 6.61 Å². The molecule has 0 saturated carbocycles. The number of aromatic nitrogens is 2. The molecule has 1 saturated heterocycles. The van der Waals surface area contributed by atoms with Gasteiger partial charge in [0, 0.05) is 43.3 Å². The van der Waals surface area contributed by atoms with Crippen molar-refractivity contribution in [2.24, 2.45) is 0 Å². The second-order valence-electron chi connectivity index (χ2n) is 8.04. The first kappa shape index (κ1) is 24.1. The zero-order valence-electron chi connectivity index (χ0n) is 19.2. The van der Waals surface area contributed by atoms with Crippen LogP contribution in [-0.4, -0.2) is 60.2 Å². The van der Waals surface area contributed by atoms with E-state index < -0.39 is 0 Å². The Morgan fingerprint density at radius 2 is 1.97 bits per heavy atom. The average molecular weight is 482 g/mol. The van der Waals surface area contributed by atoms with Gasteiger partial charge in [-0.3, -0.25) is 9.69 Å². The van der Waals surface area contributed by atoms with Crippen molar-refractivity contribution in [3.8, 4) is 5.75 Å². The maximum atomic E-state index is 12.2. The molecule has 1 aliphatic heterocycles. The molecule has 3 heterocycles. The van der Waals surface area contributed by atoms with Gasteiger partial charge in [0.2, 0.25) is 5.91 Å². The van der Waals surface area contributed by atoms with E-state index in [1.54, 1.807) is 6.20 Å². The summed E-state index contributed by atoms with van der Waals surface area (Å²) in [5, 5.41) is 6.99. The molecule has 2 N–H and O–H groups in total. The van der Waals surface area contributed by atoms with Gasteiger partial charge in [0.15, 0.2) is 16.7 Å². The maximum Gasteiger partial charge on any atom is 0.220 e. The minimum atomic E-state index is 0.0752. The number of thiazole rings is 1. The molecular weight excluding hydrogens is 450 g/mol. The van der Waals surface area contributed by atoms with Crippen LogP contribution in [0.5, 0.6) is 5.75 Å². The third-order valence-electron chi connectivity index (χ3n) is 5.46. The molecule has 9 heteroatoms. The maximum absolute atomic E-state index is 12.2. The fourth-order valence-electron chi connectivity index (χ4n) is 3.60. The highest BCUT2D eigenvalue weighted by molar-refractivity contribution is 7.15. The smallest absolute Gasteiger partial charge is 0.220 e. The lowest BCUT2D eigenvalue weighted by Crippen LogP contribution is -2.38. The molecule has 0 spiro atoms. The van der Waals surface area contributed by atoms with Gasteiger partial charge in [-0.15, -0.1) is 11.3 Å². The molecule has 1 aliphatic rings. The van der Waals surface area contributed by atoms with Crippen molar-refractivity contribution < 1.29 is 14.3 Å². The van der Waals surface area contributed by atoms with E-state index in [0.717, 1.165) is 54.8 Å². The number of rotatable bonds is 12. The molecule has 1 fully saturated rings. The first-order valence-electron chi connectivity index (χ1n) is 11.7. The number of anilines is 2. The van der Waals surface area contributed by atoms with Crippen molar-refractivity contribution in [3.05, 3.63) is 65.3 Å². The van der Waals surface area contributed by atoms with E-state index in [1.165, 1.54) is 11.3 Å². The van der Waals surface area contributed by atoms with Crippen LogP contribution < -0.4 is 15.4 Å². The van der Waals surface area contributed by atoms with Crippen LogP contribution in [-0.2, 0) is 22.6 Å². The Bertz CT molecular complexity index is 1020. The number of carbonyl (C=O) groups excluding carboxylic acids is 1. The molecule has 4 rings (SSSR count). The van der Waals surface area contributed by atoms with E-state index in [0.29, 0.717) is 37.6 Å². The molecule has 0 aliphatic carbocycles. The highest BCUT2D eigenvalue weighted by atomic mass is 32.1. The number of nitrogens with zero attached hydrogens (tertiary/aromatic N) is 3. The van der Waals surface area contributed by atoms with E-state index in [2.05, 4.69) is 25.5 Å². The van der Waals surface area contributed by atoms with Crippen molar-refractivity contribution in [1.29, 1.82) is 0 Å². The Balaban J connectivity index is 1.19. The minimum Gasteiger partial charge on any atom is -0.485 e. The van der Waals surface area contributed by atoms with Crippen molar-refractivity contribution in [1.82, 2.24) is 20.2 Å². The van der Waals surface area contributed by atoms with Crippen molar-refractivity contribution in [3.63, 3.8) is 0 Å². The molecule has 0 unspecified atom stereocenters. The Kier molecular flexibility index (Phi) is 9.24. The number of pyridine rings is 1. The van der Waals surface area contributed by atoms with Gasteiger partial charge in [0.05, 0.1) is 13.2 Å². The van der Waals surface area contributed by atoms with Gasteiger partial charge >= 0.3 is 0 Å². The van der Waals surface area contributed by atoms with Crippen LogP contribution in [0.4, 0.5) is 10.9 Å². The predicted octanol–water partition coefficient (Wildman–Crippen LogP) is 3.63. The van der Waals surface area contributed by atoms with Crippen LogP contribution in [0.25, 0.3) is 0 Å². The standard InChI is InChI=1S/C25H31N5O3S/c31-23(26-12-5-13-30-14-16-32-17-15-30)10-9-21-18-28-25(34-21)29-24-22(8-4-11-27-24)33-19-20-6-2-1-3-7-20/h1-4,6-8,11,18H,5,9-10,12-17,19H2,(H,26,31)(H,27,28,29). The summed E-state index contributed by atoms with van der Waals surface area (Å²) in [7, 11) is 0. The lowest BCUT2D eigenvalue weighted by atomic mass is 10.2. The van der Waals surface area contributed by atoms with Crippen LogP contribution in [0.2, 0.25) is 0 Å². The Morgan fingerprint density at radius 3 is 2.82 bits per heavy atom. The van der Waals surface area contributed by atoms with Gasteiger partial charge in [-0.1, -0.05) is 30.3 Å². The molecule has 34 heavy (non-hydrogen) atoms. The number of hydrogen-bond acceptors (Lipinski definition) is 8. The van der Waals surface area contributed by atoms with Crippen LogP contribution in [0, 0.1) is 0 Å². The number of hydrogen-bond donors (Lipinski definition) is 2. The van der Waals surface area contributed by atoms with E-state index in [9.17, 15) is 4.79 Å². The van der Waals surface area contributed by atoms with Gasteiger partial charge < -0.3 is 20.1 Å². The summed E-state index contributed by atoms with van der Waals surface area (Å²) in [6.45, 7) is 5.74. The third kappa shape index (κ3) is 7.79. The fourth-order valence-corrected chi connectivity index (χ4v) is 4.41. The molecule has 180 valence electrons. The van der Waals surface area contributed by atoms with E-state index in [-0.39, 0.29) is 5.91 Å². The Morgan fingerprint density at radius 1 is 1.12 bits per heavy atom. The number of ether oxygens (including phenoxy) is 2. The third-order valence-corrected chi connectivity index (χ3v) is 6.43. The van der Waals surface area contributed by atoms with Gasteiger partial charge in [-0.25, -0.2) is 9.97 Å². The number of carbonyl (C=O) groups is 1. The van der Waals surface area contributed by atoms with Gasteiger partial charge in [-0.05, 0) is 37.1 Å². The molecule has 0 radical (unpaired) electrons. The van der Waals surface area contributed by atoms with Crippen molar-refractivity contribution in [2.45, 2.75) is 25.9 Å². The Labute approximate surface area is 204 Å². The lowest BCUT2D eigenvalue weighted by Gasteiger charge is -2.26. The van der Waals surface area contributed by atoms with Gasteiger partial charge in [-0.2, -0.15) is 0 Å². The fraction of sp³-hybridized carbons (Fsp3) is 0.400. The number of aryl methyl sites for hydroxylation is 1. The number of amides is 1. The second kappa shape index (κ2) is 13.0. The van der Waals surface area contributed by atoms with E-state index in [1.807, 2.05) is 48.7 Å². The average Bonchev–Trinajstić information content (AvgIpc) is 3.33. The largest absolute Gasteiger partial charge is 0.485 e. The van der Waals surface area contributed by atoms with Crippen LogP contribution in [0.3, 0.4) is 0 Å². The quantitative estimate of drug-likeness (QED) is 0.382. The summed E-state index contributed by atoms with van der Waals surface area (Å²) in [6, 6.07) is 13.7. The summed E-state index contributed by atoms with van der Waals surface area (Å²) in [4.78, 5) is 24.5. The van der Waals surface area contributed by atoms with E-state index in [4.69, 9.17) is 9.47 Å². The highest BCUT2D eigenvalue weighted by Crippen LogP contribution is 2.28. The highest BCUT2D eigenvalue weighted by Gasteiger charge is 2.11. The summed E-state index contributed by atoms with van der Waals surface area (Å²) in [5.74, 6) is 1.36. The normalized spacial score (nSPS) is 14.0. The SMILES string of the molecule is O=C(CCc1cnc(Nc2ncccc2OCc2ccccc2)s1)NCCCN1CCOCC1. The van der Waals surface area contributed by atoms with Crippen molar-refractivity contribution >= 4 is 28.2 Å². The number of morpholine rings is 1. The van der Waals surface area contributed by atoms with Crippen LogP contribution >= 0.6 is 11.3 Å². The zero-order chi connectivity index (χ0) is 23.4. The van der Waals surface area contributed by atoms with E-state index >= 15 is 0 Å². The molecule has 0 atom stereocenters. The molecule has 8 nitrogen and oxygen atoms in total. The summed E-state index contributed by atoms with van der Waals surface area (Å²) >= 11 is 1.52. The molecule has 3 aromatic rings. The molecule has 2 aromatic heterocycles. The first-order valence-corrected chi connectivity index (χ1v) is 12.5. The monoisotopic (exact) mass is 481 g/mol. The summed E-state index contributed by atoms with van der Waals surface area (Å²) in [6.07, 6.45) is 5.60. The molecule has 1 amide bonds. The molecular formula is C25H31N5O3S. The second-order valence-corrected chi connectivity index (χ2v) is 9.15.